The minimum absolute atomic E-state index is 0.141. The number of hydrogen-bond donors (Lipinski definition) is 1. The average molecular weight is 260 g/mol. The van der Waals surface area contributed by atoms with Gasteiger partial charge in [0, 0.05) is 12.6 Å². The van der Waals surface area contributed by atoms with Crippen LogP contribution in [0.15, 0.2) is 18.3 Å². The Bertz CT molecular complexity index is 619. The van der Waals surface area contributed by atoms with E-state index >= 15 is 0 Å². The zero-order chi connectivity index (χ0) is 14.0. The first-order valence-corrected chi connectivity index (χ1v) is 5.97. The highest BCUT2D eigenvalue weighted by Crippen LogP contribution is 2.23. The van der Waals surface area contributed by atoms with Crippen LogP contribution in [0.3, 0.4) is 0 Å². The fraction of sp³-hybridized carbons (Fsp3) is 0.308. The van der Waals surface area contributed by atoms with Crippen molar-refractivity contribution in [1.82, 2.24) is 14.5 Å². The Labute approximate surface area is 111 Å². The lowest BCUT2D eigenvalue weighted by molar-refractivity contribution is 0.0596. The SMILES string of the molecule is CCc1nc(C(=O)OC)c(N)n1-c1cccnc1C. The first kappa shape index (κ1) is 13.1. The van der Waals surface area contributed by atoms with Crippen LogP contribution in [0, 0.1) is 6.92 Å². The molecule has 0 amide bonds. The van der Waals surface area contributed by atoms with Gasteiger partial charge in [0.1, 0.15) is 11.6 Å². The molecule has 0 saturated heterocycles. The van der Waals surface area contributed by atoms with Gasteiger partial charge in [0.25, 0.3) is 0 Å². The molecule has 0 aliphatic carbocycles. The van der Waals surface area contributed by atoms with Crippen LogP contribution in [-0.4, -0.2) is 27.6 Å². The fourth-order valence-electron chi connectivity index (χ4n) is 1.95. The molecular formula is C13H16N4O2. The number of methoxy groups -OCH3 is 1. The van der Waals surface area contributed by atoms with Gasteiger partial charge >= 0.3 is 5.97 Å². The second-order valence-corrected chi connectivity index (χ2v) is 4.05. The standard InChI is InChI=1S/C13H16N4O2/c1-4-10-16-11(13(18)19-3)12(14)17(10)9-6-5-7-15-8(9)2/h5-7H,4,14H2,1-3H3. The lowest BCUT2D eigenvalue weighted by Crippen LogP contribution is -2.09. The Morgan fingerprint density at radius 2 is 2.26 bits per heavy atom. The van der Waals surface area contributed by atoms with Gasteiger partial charge in [-0.2, -0.15) is 0 Å². The molecule has 0 bridgehead atoms. The Kier molecular flexibility index (Phi) is 3.50. The molecule has 0 unspecified atom stereocenters. The summed E-state index contributed by atoms with van der Waals surface area (Å²) in [5.74, 6) is 0.446. The number of carbonyl (C=O) groups is 1. The van der Waals surface area contributed by atoms with Crippen molar-refractivity contribution < 1.29 is 9.53 Å². The highest BCUT2D eigenvalue weighted by Gasteiger charge is 2.21. The van der Waals surface area contributed by atoms with Crippen molar-refractivity contribution in [2.75, 3.05) is 12.8 Å². The maximum Gasteiger partial charge on any atom is 0.360 e. The molecule has 0 aliphatic heterocycles. The first-order chi connectivity index (χ1) is 9.10. The second kappa shape index (κ2) is 5.09. The topological polar surface area (TPSA) is 83.0 Å². The van der Waals surface area contributed by atoms with Gasteiger partial charge in [0.05, 0.1) is 18.5 Å². The Balaban J connectivity index is 2.66. The Hall–Kier alpha value is -2.37. The Morgan fingerprint density at radius 1 is 1.53 bits per heavy atom. The molecule has 19 heavy (non-hydrogen) atoms. The molecule has 6 nitrogen and oxygen atoms in total. The van der Waals surface area contributed by atoms with E-state index < -0.39 is 5.97 Å². The number of aromatic nitrogens is 3. The predicted molar refractivity (Wildman–Crippen MR) is 71.2 cm³/mol. The zero-order valence-corrected chi connectivity index (χ0v) is 11.2. The van der Waals surface area contributed by atoms with E-state index in [0.29, 0.717) is 12.2 Å². The molecule has 0 saturated carbocycles. The molecule has 2 heterocycles. The number of imidazole rings is 1. The van der Waals surface area contributed by atoms with E-state index in [2.05, 4.69) is 14.7 Å². The molecule has 0 fully saturated rings. The predicted octanol–water partition coefficient (Wildman–Crippen LogP) is 1.51. The van der Waals surface area contributed by atoms with Gasteiger partial charge in [-0.25, -0.2) is 9.78 Å². The van der Waals surface area contributed by atoms with E-state index in [4.69, 9.17) is 5.73 Å². The number of hydrogen-bond acceptors (Lipinski definition) is 5. The van der Waals surface area contributed by atoms with E-state index in [1.54, 1.807) is 10.8 Å². The molecule has 2 aromatic rings. The molecule has 2 aromatic heterocycles. The van der Waals surface area contributed by atoms with Crippen molar-refractivity contribution in [3.8, 4) is 5.69 Å². The van der Waals surface area contributed by atoms with Gasteiger partial charge in [-0.05, 0) is 19.1 Å². The van der Waals surface area contributed by atoms with E-state index in [9.17, 15) is 4.79 Å². The van der Waals surface area contributed by atoms with Crippen molar-refractivity contribution in [2.45, 2.75) is 20.3 Å². The molecule has 0 aliphatic rings. The molecule has 0 spiro atoms. The van der Waals surface area contributed by atoms with Crippen molar-refractivity contribution in [3.05, 3.63) is 35.5 Å². The quantitative estimate of drug-likeness (QED) is 0.846. The second-order valence-electron chi connectivity index (χ2n) is 4.05. The van der Waals surface area contributed by atoms with E-state index in [0.717, 1.165) is 11.4 Å². The summed E-state index contributed by atoms with van der Waals surface area (Å²) in [5.41, 5.74) is 7.81. The van der Waals surface area contributed by atoms with Gasteiger partial charge in [-0.3, -0.25) is 9.55 Å². The van der Waals surface area contributed by atoms with Crippen molar-refractivity contribution in [1.29, 1.82) is 0 Å². The van der Waals surface area contributed by atoms with Crippen LogP contribution < -0.4 is 5.73 Å². The minimum Gasteiger partial charge on any atom is -0.464 e. The molecular weight excluding hydrogens is 244 g/mol. The molecule has 2 rings (SSSR count). The molecule has 0 atom stereocenters. The minimum atomic E-state index is -0.535. The number of nitrogens with zero attached hydrogens (tertiary/aromatic N) is 3. The summed E-state index contributed by atoms with van der Waals surface area (Å²) in [5, 5.41) is 0. The van der Waals surface area contributed by atoms with Crippen LogP contribution in [0.5, 0.6) is 0 Å². The van der Waals surface area contributed by atoms with Crippen LogP contribution in [0.4, 0.5) is 5.82 Å². The van der Waals surface area contributed by atoms with Gasteiger partial charge in [0.2, 0.25) is 0 Å². The summed E-state index contributed by atoms with van der Waals surface area (Å²) in [6.07, 6.45) is 2.36. The number of pyridine rings is 1. The third kappa shape index (κ3) is 2.16. The summed E-state index contributed by atoms with van der Waals surface area (Å²) in [4.78, 5) is 20.1. The summed E-state index contributed by atoms with van der Waals surface area (Å²) >= 11 is 0. The van der Waals surface area contributed by atoms with Crippen molar-refractivity contribution in [3.63, 3.8) is 0 Å². The van der Waals surface area contributed by atoms with Crippen LogP contribution >= 0.6 is 0 Å². The number of esters is 1. The van der Waals surface area contributed by atoms with Crippen molar-refractivity contribution >= 4 is 11.8 Å². The molecule has 6 heteroatoms. The number of anilines is 1. The molecule has 2 N–H and O–H groups in total. The summed E-state index contributed by atoms with van der Waals surface area (Å²) in [7, 11) is 1.31. The molecule has 0 radical (unpaired) electrons. The van der Waals surface area contributed by atoms with Gasteiger partial charge < -0.3 is 10.5 Å². The molecule has 0 aromatic carbocycles. The van der Waals surface area contributed by atoms with Crippen LogP contribution in [0.1, 0.15) is 28.9 Å². The lowest BCUT2D eigenvalue weighted by atomic mass is 10.3. The monoisotopic (exact) mass is 260 g/mol. The van der Waals surface area contributed by atoms with Crippen molar-refractivity contribution in [2.24, 2.45) is 0 Å². The fourth-order valence-corrected chi connectivity index (χ4v) is 1.95. The van der Waals surface area contributed by atoms with Gasteiger partial charge in [0.15, 0.2) is 5.69 Å². The van der Waals surface area contributed by atoms with Crippen LogP contribution in [-0.2, 0) is 11.2 Å². The van der Waals surface area contributed by atoms with Gasteiger partial charge in [-0.1, -0.05) is 6.92 Å². The smallest absolute Gasteiger partial charge is 0.360 e. The highest BCUT2D eigenvalue weighted by molar-refractivity contribution is 5.92. The number of carbonyl (C=O) groups excluding carboxylic acids is 1. The lowest BCUT2D eigenvalue weighted by Gasteiger charge is -2.10. The number of nitrogen functional groups attached to an aromatic ring is 1. The first-order valence-electron chi connectivity index (χ1n) is 5.97. The summed E-state index contributed by atoms with van der Waals surface area (Å²) in [6, 6.07) is 3.71. The largest absolute Gasteiger partial charge is 0.464 e. The zero-order valence-electron chi connectivity index (χ0n) is 11.2. The number of ether oxygens (including phenoxy) is 1. The van der Waals surface area contributed by atoms with Crippen LogP contribution in [0.2, 0.25) is 0 Å². The van der Waals surface area contributed by atoms with Gasteiger partial charge in [-0.15, -0.1) is 0 Å². The average Bonchev–Trinajstić information content (AvgIpc) is 2.75. The number of nitrogens with two attached hydrogens (primary N) is 1. The highest BCUT2D eigenvalue weighted by atomic mass is 16.5. The third-order valence-corrected chi connectivity index (χ3v) is 2.90. The summed E-state index contributed by atoms with van der Waals surface area (Å²) in [6.45, 7) is 3.83. The van der Waals surface area contributed by atoms with E-state index in [1.807, 2.05) is 26.0 Å². The number of aryl methyl sites for hydroxylation is 2. The maximum absolute atomic E-state index is 11.6. The summed E-state index contributed by atoms with van der Waals surface area (Å²) < 4.78 is 6.43. The number of rotatable bonds is 3. The Morgan fingerprint density at radius 3 is 2.84 bits per heavy atom. The normalized spacial score (nSPS) is 10.5. The molecule has 100 valence electrons. The third-order valence-electron chi connectivity index (χ3n) is 2.90. The van der Waals surface area contributed by atoms with E-state index in [1.165, 1.54) is 7.11 Å². The maximum atomic E-state index is 11.6. The van der Waals surface area contributed by atoms with Crippen LogP contribution in [0.25, 0.3) is 5.69 Å². The van der Waals surface area contributed by atoms with E-state index in [-0.39, 0.29) is 11.5 Å².